The zero-order valence-electron chi connectivity index (χ0n) is 16.4. The van der Waals surface area contributed by atoms with Crippen molar-refractivity contribution >= 4 is 39.8 Å². The fourth-order valence-electron chi connectivity index (χ4n) is 3.34. The van der Waals surface area contributed by atoms with E-state index >= 15 is 0 Å². The minimum Gasteiger partial charge on any atom is -0.337 e. The van der Waals surface area contributed by atoms with E-state index in [1.165, 1.54) is 28.7 Å². The highest BCUT2D eigenvalue weighted by molar-refractivity contribution is 8.02. The van der Waals surface area contributed by atoms with Gasteiger partial charge in [0, 0.05) is 5.69 Å². The summed E-state index contributed by atoms with van der Waals surface area (Å²) in [6.07, 6.45) is 4.56. The Labute approximate surface area is 174 Å². The molecule has 8 heteroatoms. The molecule has 0 spiro atoms. The second kappa shape index (κ2) is 8.93. The van der Waals surface area contributed by atoms with Crippen LogP contribution < -0.4 is 10.6 Å². The molecule has 1 aliphatic rings. The summed E-state index contributed by atoms with van der Waals surface area (Å²) in [5.41, 5.74) is 2.65. The van der Waals surface area contributed by atoms with E-state index in [0.29, 0.717) is 5.13 Å². The Balaban J connectivity index is 1.59. The summed E-state index contributed by atoms with van der Waals surface area (Å²) in [6, 6.07) is 8.52. The normalized spacial score (nSPS) is 16.8. The first-order valence-corrected chi connectivity index (χ1v) is 11.2. The molecule has 2 aromatic rings. The summed E-state index contributed by atoms with van der Waals surface area (Å²) in [5, 5.41) is 24.6. The van der Waals surface area contributed by atoms with Gasteiger partial charge in [-0.25, -0.2) is 0 Å². The van der Waals surface area contributed by atoms with Gasteiger partial charge in [0.2, 0.25) is 11.0 Å². The quantitative estimate of drug-likeness (QED) is 0.663. The van der Waals surface area contributed by atoms with Crippen LogP contribution >= 0.6 is 23.1 Å². The molecule has 28 heavy (non-hydrogen) atoms. The lowest BCUT2D eigenvalue weighted by atomic mass is 9.83. The van der Waals surface area contributed by atoms with Crippen LogP contribution in [0.15, 0.2) is 22.5 Å². The van der Waals surface area contributed by atoms with Gasteiger partial charge in [-0.2, -0.15) is 5.26 Å². The van der Waals surface area contributed by atoms with Crippen molar-refractivity contribution in [2.45, 2.75) is 68.0 Å². The Kier molecular flexibility index (Phi) is 6.57. The molecule has 1 fully saturated rings. The monoisotopic (exact) mass is 415 g/mol. The summed E-state index contributed by atoms with van der Waals surface area (Å²) in [6.45, 7) is 5.95. The molecule has 0 radical (unpaired) electrons. The second-order valence-electron chi connectivity index (χ2n) is 7.32. The number of hydrogen-bond acceptors (Lipinski definition) is 7. The van der Waals surface area contributed by atoms with Crippen molar-refractivity contribution in [2.75, 3.05) is 5.32 Å². The Morgan fingerprint density at radius 3 is 2.71 bits per heavy atom. The van der Waals surface area contributed by atoms with Crippen LogP contribution in [-0.4, -0.2) is 26.9 Å². The second-order valence-corrected chi connectivity index (χ2v) is 9.89. The standard InChI is InChI=1S/C20H25N5OS2/c1-13-7-8-16(14(2)11-13)22-18-24-25-19(28-18)27-15(3)17(26)23-20(12-21)9-5-4-6-10-20/h7-8,11,15H,4-6,9-10H2,1-3H3,(H,22,24)(H,23,26)/t15-/m0/s1. The number of anilines is 2. The fourth-order valence-corrected chi connectivity index (χ4v) is 5.25. The van der Waals surface area contributed by atoms with Crippen molar-refractivity contribution in [1.82, 2.24) is 15.5 Å². The number of benzene rings is 1. The largest absolute Gasteiger partial charge is 0.337 e. The molecule has 1 aromatic carbocycles. The van der Waals surface area contributed by atoms with E-state index in [-0.39, 0.29) is 11.2 Å². The highest BCUT2D eigenvalue weighted by Gasteiger charge is 2.35. The van der Waals surface area contributed by atoms with Crippen LogP contribution in [0.2, 0.25) is 0 Å². The van der Waals surface area contributed by atoms with Crippen molar-refractivity contribution in [1.29, 1.82) is 5.26 Å². The van der Waals surface area contributed by atoms with E-state index in [0.717, 1.165) is 47.7 Å². The maximum Gasteiger partial charge on any atom is 0.234 e. The Morgan fingerprint density at radius 1 is 1.29 bits per heavy atom. The molecule has 0 saturated heterocycles. The zero-order valence-corrected chi connectivity index (χ0v) is 18.0. The van der Waals surface area contributed by atoms with Gasteiger partial charge in [0.25, 0.3) is 0 Å². The lowest BCUT2D eigenvalue weighted by Crippen LogP contribution is -2.50. The minimum atomic E-state index is -0.707. The van der Waals surface area contributed by atoms with Gasteiger partial charge in [-0.3, -0.25) is 4.79 Å². The van der Waals surface area contributed by atoms with E-state index < -0.39 is 5.54 Å². The van der Waals surface area contributed by atoms with Crippen LogP contribution in [0.3, 0.4) is 0 Å². The predicted molar refractivity (Wildman–Crippen MR) is 114 cm³/mol. The number of hydrogen-bond donors (Lipinski definition) is 2. The molecule has 6 nitrogen and oxygen atoms in total. The van der Waals surface area contributed by atoms with E-state index in [9.17, 15) is 10.1 Å². The Bertz CT molecular complexity index is 883. The van der Waals surface area contributed by atoms with Crippen molar-refractivity contribution < 1.29 is 4.79 Å². The first kappa shape index (κ1) is 20.6. The molecule has 1 aliphatic carbocycles. The van der Waals surface area contributed by atoms with E-state index in [1.807, 2.05) is 13.0 Å². The number of amides is 1. The molecule has 2 N–H and O–H groups in total. The van der Waals surface area contributed by atoms with Crippen molar-refractivity contribution in [2.24, 2.45) is 0 Å². The van der Waals surface area contributed by atoms with Gasteiger partial charge in [0.05, 0.1) is 11.3 Å². The molecule has 0 bridgehead atoms. The lowest BCUT2D eigenvalue weighted by molar-refractivity contribution is -0.121. The molecular weight excluding hydrogens is 390 g/mol. The molecule has 3 rings (SSSR count). The van der Waals surface area contributed by atoms with E-state index in [4.69, 9.17) is 0 Å². The van der Waals surface area contributed by atoms with Crippen LogP contribution in [0, 0.1) is 25.2 Å². The molecule has 0 unspecified atom stereocenters. The molecule has 1 saturated carbocycles. The van der Waals surface area contributed by atoms with E-state index in [1.54, 1.807) is 0 Å². The number of aromatic nitrogens is 2. The topological polar surface area (TPSA) is 90.7 Å². The van der Waals surface area contributed by atoms with Crippen LogP contribution in [0.25, 0.3) is 0 Å². The number of nitriles is 1. The number of thioether (sulfide) groups is 1. The average molecular weight is 416 g/mol. The number of carbonyl (C=O) groups is 1. The van der Waals surface area contributed by atoms with Crippen molar-refractivity contribution in [3.63, 3.8) is 0 Å². The highest BCUT2D eigenvalue weighted by atomic mass is 32.2. The third-order valence-electron chi connectivity index (χ3n) is 4.96. The number of nitrogens with zero attached hydrogens (tertiary/aromatic N) is 3. The van der Waals surface area contributed by atoms with Gasteiger partial charge in [0.15, 0.2) is 4.34 Å². The van der Waals surface area contributed by atoms with Crippen LogP contribution in [0.4, 0.5) is 10.8 Å². The average Bonchev–Trinajstić information content (AvgIpc) is 3.11. The lowest BCUT2D eigenvalue weighted by Gasteiger charge is -2.32. The minimum absolute atomic E-state index is 0.118. The molecule has 1 aromatic heterocycles. The van der Waals surface area contributed by atoms with Crippen LogP contribution in [0.1, 0.15) is 50.2 Å². The molecule has 1 amide bonds. The highest BCUT2D eigenvalue weighted by Crippen LogP contribution is 2.32. The smallest absolute Gasteiger partial charge is 0.234 e. The van der Waals surface area contributed by atoms with Crippen LogP contribution in [0.5, 0.6) is 0 Å². The Hall–Kier alpha value is -2.11. The van der Waals surface area contributed by atoms with E-state index in [2.05, 4.69) is 52.9 Å². The fraction of sp³-hybridized carbons (Fsp3) is 0.500. The Morgan fingerprint density at radius 2 is 2.04 bits per heavy atom. The maximum absolute atomic E-state index is 12.6. The van der Waals surface area contributed by atoms with Crippen LogP contribution in [-0.2, 0) is 4.79 Å². The van der Waals surface area contributed by atoms with Gasteiger partial charge in [-0.15, -0.1) is 10.2 Å². The molecule has 1 atom stereocenters. The number of carbonyl (C=O) groups excluding carboxylic acids is 1. The zero-order chi connectivity index (χ0) is 20.1. The summed E-state index contributed by atoms with van der Waals surface area (Å²) >= 11 is 2.79. The van der Waals surface area contributed by atoms with Gasteiger partial charge < -0.3 is 10.6 Å². The summed E-state index contributed by atoms with van der Waals surface area (Å²) in [5.74, 6) is -0.118. The number of rotatable bonds is 6. The SMILES string of the molecule is Cc1ccc(Nc2nnc(S[C@@H](C)C(=O)NC3(C#N)CCCCC3)s2)c(C)c1. The summed E-state index contributed by atoms with van der Waals surface area (Å²) in [4.78, 5) is 12.6. The maximum atomic E-state index is 12.6. The molecular formula is C20H25N5OS2. The molecule has 148 valence electrons. The molecule has 1 heterocycles. The molecule has 0 aliphatic heterocycles. The summed E-state index contributed by atoms with van der Waals surface area (Å²) in [7, 11) is 0. The van der Waals surface area contributed by atoms with Gasteiger partial charge in [-0.05, 0) is 45.2 Å². The van der Waals surface area contributed by atoms with Gasteiger partial charge in [-0.1, -0.05) is 60.1 Å². The third-order valence-corrected chi connectivity index (χ3v) is 6.98. The van der Waals surface area contributed by atoms with Gasteiger partial charge >= 0.3 is 0 Å². The number of nitrogens with one attached hydrogen (secondary N) is 2. The predicted octanol–water partition coefficient (Wildman–Crippen LogP) is 4.72. The first-order chi connectivity index (χ1) is 13.4. The summed E-state index contributed by atoms with van der Waals surface area (Å²) < 4.78 is 0.726. The van der Waals surface area contributed by atoms with Gasteiger partial charge in [0.1, 0.15) is 5.54 Å². The van der Waals surface area contributed by atoms with Crippen molar-refractivity contribution in [3.05, 3.63) is 29.3 Å². The third kappa shape index (κ3) is 5.03. The number of aryl methyl sites for hydroxylation is 2. The van der Waals surface area contributed by atoms with Crippen molar-refractivity contribution in [3.8, 4) is 6.07 Å². The first-order valence-electron chi connectivity index (χ1n) is 9.48.